The number of nitrogen functional groups attached to an aromatic ring is 1. The molecule has 0 unspecified atom stereocenters. The number of halogens is 2. The smallest absolute Gasteiger partial charge is 0.234 e. The Morgan fingerprint density at radius 2 is 1.90 bits per heavy atom. The maximum atomic E-state index is 6.01. The molecule has 0 amide bonds. The standard InChI is InChI=1S/C14H15Cl2N3O/c15-11-9-12(16)14(18-13(11)19-17)20-8-4-7-10-5-2-1-3-6-10/h1-3,5-6,9H,4,7-8,17H2,(H,18,19). The van der Waals surface area contributed by atoms with Gasteiger partial charge in [0, 0.05) is 0 Å². The normalized spacial score (nSPS) is 10.3. The van der Waals surface area contributed by atoms with Gasteiger partial charge in [0.05, 0.1) is 11.6 Å². The molecule has 0 radical (unpaired) electrons. The van der Waals surface area contributed by atoms with E-state index in [4.69, 9.17) is 33.8 Å². The van der Waals surface area contributed by atoms with E-state index in [1.165, 1.54) is 5.56 Å². The van der Waals surface area contributed by atoms with Gasteiger partial charge in [0.15, 0.2) is 5.82 Å². The van der Waals surface area contributed by atoms with Crippen molar-refractivity contribution in [3.05, 3.63) is 52.0 Å². The number of hydrogen-bond acceptors (Lipinski definition) is 4. The third-order valence-corrected chi connectivity index (χ3v) is 3.28. The molecule has 0 aliphatic carbocycles. The van der Waals surface area contributed by atoms with Crippen molar-refractivity contribution in [2.24, 2.45) is 5.84 Å². The molecule has 0 saturated carbocycles. The minimum Gasteiger partial charge on any atom is -0.477 e. The number of ether oxygens (including phenoxy) is 1. The van der Waals surface area contributed by atoms with E-state index in [1.54, 1.807) is 6.07 Å². The fourth-order valence-electron chi connectivity index (χ4n) is 1.74. The number of aryl methyl sites for hydroxylation is 1. The average molecular weight is 312 g/mol. The molecule has 1 aromatic carbocycles. The molecule has 4 nitrogen and oxygen atoms in total. The zero-order valence-corrected chi connectivity index (χ0v) is 12.3. The molecule has 20 heavy (non-hydrogen) atoms. The Hall–Kier alpha value is -1.49. The van der Waals surface area contributed by atoms with E-state index in [0.717, 1.165) is 12.8 Å². The zero-order chi connectivity index (χ0) is 14.4. The maximum Gasteiger partial charge on any atom is 0.234 e. The predicted octanol–water partition coefficient (Wildman–Crippen LogP) is 3.69. The molecule has 2 rings (SSSR count). The number of nitrogens with two attached hydrogens (primary N) is 1. The summed E-state index contributed by atoms with van der Waals surface area (Å²) >= 11 is 11.9. The summed E-state index contributed by atoms with van der Waals surface area (Å²) in [7, 11) is 0. The molecule has 0 fully saturated rings. The lowest BCUT2D eigenvalue weighted by Crippen LogP contribution is -2.10. The van der Waals surface area contributed by atoms with Crippen LogP contribution < -0.4 is 16.0 Å². The molecule has 0 atom stereocenters. The van der Waals surface area contributed by atoms with E-state index in [1.807, 2.05) is 18.2 Å². The molecule has 0 saturated heterocycles. The van der Waals surface area contributed by atoms with Crippen molar-refractivity contribution in [1.82, 2.24) is 4.98 Å². The molecule has 3 N–H and O–H groups in total. The topological polar surface area (TPSA) is 60.2 Å². The van der Waals surface area contributed by atoms with Gasteiger partial charge >= 0.3 is 0 Å². The van der Waals surface area contributed by atoms with E-state index >= 15 is 0 Å². The second-order valence-electron chi connectivity index (χ2n) is 4.19. The minimum absolute atomic E-state index is 0.331. The van der Waals surface area contributed by atoms with Crippen LogP contribution in [0.3, 0.4) is 0 Å². The average Bonchev–Trinajstić information content (AvgIpc) is 2.46. The van der Waals surface area contributed by atoms with E-state index in [0.29, 0.717) is 28.3 Å². The fourth-order valence-corrected chi connectivity index (χ4v) is 2.21. The van der Waals surface area contributed by atoms with Crippen LogP contribution in [0.4, 0.5) is 5.82 Å². The summed E-state index contributed by atoms with van der Waals surface area (Å²) in [5.74, 6) is 5.98. The zero-order valence-electron chi connectivity index (χ0n) is 10.8. The van der Waals surface area contributed by atoms with Crippen LogP contribution in [0.25, 0.3) is 0 Å². The summed E-state index contributed by atoms with van der Waals surface area (Å²) in [6.07, 6.45) is 1.81. The quantitative estimate of drug-likeness (QED) is 0.485. The van der Waals surface area contributed by atoms with Crippen molar-refractivity contribution in [2.45, 2.75) is 12.8 Å². The van der Waals surface area contributed by atoms with Crippen molar-refractivity contribution in [3.63, 3.8) is 0 Å². The van der Waals surface area contributed by atoms with E-state index in [-0.39, 0.29) is 0 Å². The van der Waals surface area contributed by atoms with Crippen LogP contribution in [0.2, 0.25) is 10.0 Å². The highest BCUT2D eigenvalue weighted by atomic mass is 35.5. The Labute approximate surface area is 127 Å². The fraction of sp³-hybridized carbons (Fsp3) is 0.214. The Balaban J connectivity index is 1.88. The SMILES string of the molecule is NNc1nc(OCCCc2ccccc2)c(Cl)cc1Cl. The third-order valence-electron chi connectivity index (χ3n) is 2.73. The third kappa shape index (κ3) is 4.00. The van der Waals surface area contributed by atoms with Gasteiger partial charge in [-0.05, 0) is 24.5 Å². The number of rotatable bonds is 6. The number of hydrazine groups is 1. The first kappa shape index (κ1) is 14.9. The molecular weight excluding hydrogens is 297 g/mol. The number of benzene rings is 1. The highest BCUT2D eigenvalue weighted by molar-refractivity contribution is 6.36. The number of nitrogens with zero attached hydrogens (tertiary/aromatic N) is 1. The molecular formula is C14H15Cl2N3O. The molecule has 6 heteroatoms. The molecule has 2 aromatic rings. The van der Waals surface area contributed by atoms with Gasteiger partial charge in [0.25, 0.3) is 0 Å². The lowest BCUT2D eigenvalue weighted by Gasteiger charge is -2.10. The minimum atomic E-state index is 0.331. The molecule has 0 spiro atoms. The summed E-state index contributed by atoms with van der Waals surface area (Å²) < 4.78 is 5.56. The highest BCUT2D eigenvalue weighted by Crippen LogP contribution is 2.30. The van der Waals surface area contributed by atoms with Crippen LogP contribution in [-0.4, -0.2) is 11.6 Å². The van der Waals surface area contributed by atoms with Gasteiger partial charge in [-0.15, -0.1) is 0 Å². The summed E-state index contributed by atoms with van der Waals surface area (Å²) in [6, 6.07) is 11.8. The summed E-state index contributed by atoms with van der Waals surface area (Å²) in [4.78, 5) is 4.11. The second kappa shape index (κ2) is 7.33. The lowest BCUT2D eigenvalue weighted by atomic mass is 10.1. The summed E-state index contributed by atoms with van der Waals surface area (Å²) in [5.41, 5.74) is 3.67. The molecule has 0 bridgehead atoms. The highest BCUT2D eigenvalue weighted by Gasteiger charge is 2.09. The lowest BCUT2D eigenvalue weighted by molar-refractivity contribution is 0.300. The monoisotopic (exact) mass is 311 g/mol. The van der Waals surface area contributed by atoms with Gasteiger partial charge < -0.3 is 10.2 Å². The Morgan fingerprint density at radius 1 is 1.15 bits per heavy atom. The largest absolute Gasteiger partial charge is 0.477 e. The Morgan fingerprint density at radius 3 is 2.60 bits per heavy atom. The van der Waals surface area contributed by atoms with Gasteiger partial charge in [-0.25, -0.2) is 5.84 Å². The van der Waals surface area contributed by atoms with Crippen LogP contribution in [0.1, 0.15) is 12.0 Å². The van der Waals surface area contributed by atoms with Gasteiger partial charge in [-0.3, -0.25) is 0 Å². The molecule has 1 heterocycles. The summed E-state index contributed by atoms with van der Waals surface area (Å²) in [5, 5.41) is 0.725. The predicted molar refractivity (Wildman–Crippen MR) is 82.3 cm³/mol. The van der Waals surface area contributed by atoms with Crippen LogP contribution in [0.15, 0.2) is 36.4 Å². The number of hydrogen-bond donors (Lipinski definition) is 2. The van der Waals surface area contributed by atoms with Crippen LogP contribution >= 0.6 is 23.2 Å². The first-order valence-corrected chi connectivity index (χ1v) is 6.95. The maximum absolute atomic E-state index is 6.01. The molecule has 0 aliphatic heterocycles. The van der Waals surface area contributed by atoms with Gasteiger partial charge in [-0.2, -0.15) is 4.98 Å². The Kier molecular flexibility index (Phi) is 5.47. The van der Waals surface area contributed by atoms with Gasteiger partial charge in [0.2, 0.25) is 5.88 Å². The Bertz CT molecular complexity index is 564. The van der Waals surface area contributed by atoms with Crippen LogP contribution in [0, 0.1) is 0 Å². The van der Waals surface area contributed by atoms with Crippen LogP contribution in [0.5, 0.6) is 5.88 Å². The first-order valence-electron chi connectivity index (χ1n) is 6.20. The van der Waals surface area contributed by atoms with Crippen molar-refractivity contribution in [3.8, 4) is 5.88 Å². The van der Waals surface area contributed by atoms with Crippen molar-refractivity contribution in [1.29, 1.82) is 0 Å². The van der Waals surface area contributed by atoms with Crippen molar-refractivity contribution < 1.29 is 4.74 Å². The van der Waals surface area contributed by atoms with Crippen molar-refractivity contribution in [2.75, 3.05) is 12.0 Å². The summed E-state index contributed by atoms with van der Waals surface area (Å²) in [6.45, 7) is 0.521. The number of pyridine rings is 1. The number of anilines is 1. The second-order valence-corrected chi connectivity index (χ2v) is 5.00. The number of aromatic nitrogens is 1. The van der Waals surface area contributed by atoms with Gasteiger partial charge in [-0.1, -0.05) is 53.5 Å². The van der Waals surface area contributed by atoms with Crippen molar-refractivity contribution >= 4 is 29.0 Å². The molecule has 106 valence electrons. The van der Waals surface area contributed by atoms with E-state index in [9.17, 15) is 0 Å². The molecule has 0 aliphatic rings. The number of nitrogens with one attached hydrogen (secondary N) is 1. The van der Waals surface area contributed by atoms with E-state index < -0.39 is 0 Å². The van der Waals surface area contributed by atoms with Gasteiger partial charge in [0.1, 0.15) is 5.02 Å². The van der Waals surface area contributed by atoms with E-state index in [2.05, 4.69) is 22.5 Å². The van der Waals surface area contributed by atoms with Crippen LogP contribution in [-0.2, 0) is 6.42 Å². The molecule has 1 aromatic heterocycles. The first-order chi connectivity index (χ1) is 9.70.